The molecule has 1 atom stereocenters. The fraction of sp³-hybridized carbons (Fsp3) is 0.706. The lowest BCUT2D eigenvalue weighted by molar-refractivity contribution is 0.270. The van der Waals surface area contributed by atoms with Crippen LogP contribution in [0.4, 0.5) is 11.6 Å². The molecule has 4 heteroatoms. The van der Waals surface area contributed by atoms with Gasteiger partial charge in [0.15, 0.2) is 0 Å². The molecule has 118 valence electrons. The normalized spacial score (nSPS) is 19.8. The predicted octanol–water partition coefficient (Wildman–Crippen LogP) is 3.21. The maximum Gasteiger partial charge on any atom is 0.130 e. The van der Waals surface area contributed by atoms with Gasteiger partial charge in [0, 0.05) is 25.2 Å². The number of hydrogen-bond donors (Lipinski definition) is 1. The van der Waals surface area contributed by atoms with E-state index in [1.165, 1.54) is 19.4 Å². The van der Waals surface area contributed by atoms with Crippen molar-refractivity contribution < 1.29 is 0 Å². The molecule has 2 rings (SSSR count). The Morgan fingerprint density at radius 1 is 1.38 bits per heavy atom. The molecule has 1 N–H and O–H groups in total. The molecule has 21 heavy (non-hydrogen) atoms. The standard InChI is InChI=1S/C17H30N4/c1-6-21-12-8-9-14(21)13-20(5)16-11-7-10-15(18-16)19-17(2,3)4/h7,10-11,14H,6,8-9,12-13H2,1-5H3,(H,18,19). The molecule has 0 spiro atoms. The van der Waals surface area contributed by atoms with Gasteiger partial charge in [0.05, 0.1) is 0 Å². The molecule has 0 radical (unpaired) electrons. The van der Waals surface area contributed by atoms with Crippen molar-refractivity contribution in [3.63, 3.8) is 0 Å². The highest BCUT2D eigenvalue weighted by Gasteiger charge is 2.24. The molecule has 2 heterocycles. The van der Waals surface area contributed by atoms with Gasteiger partial charge < -0.3 is 10.2 Å². The van der Waals surface area contributed by atoms with Crippen LogP contribution in [-0.4, -0.2) is 48.1 Å². The van der Waals surface area contributed by atoms with E-state index < -0.39 is 0 Å². The van der Waals surface area contributed by atoms with E-state index in [4.69, 9.17) is 4.98 Å². The predicted molar refractivity (Wildman–Crippen MR) is 91.2 cm³/mol. The number of rotatable bonds is 5. The van der Waals surface area contributed by atoms with Crippen LogP contribution >= 0.6 is 0 Å². The van der Waals surface area contributed by atoms with Gasteiger partial charge in [0.25, 0.3) is 0 Å². The maximum atomic E-state index is 4.75. The summed E-state index contributed by atoms with van der Waals surface area (Å²) in [5.41, 5.74) is 0.0364. The van der Waals surface area contributed by atoms with Gasteiger partial charge in [0.1, 0.15) is 11.6 Å². The molecule has 1 aliphatic heterocycles. The second-order valence-corrected chi connectivity index (χ2v) is 7.06. The Balaban J connectivity index is 2.02. The van der Waals surface area contributed by atoms with Crippen LogP contribution in [0.25, 0.3) is 0 Å². The van der Waals surface area contributed by atoms with Crippen molar-refractivity contribution in [2.24, 2.45) is 0 Å². The van der Waals surface area contributed by atoms with Crippen molar-refractivity contribution in [2.45, 2.75) is 52.1 Å². The molecule has 0 saturated carbocycles. The van der Waals surface area contributed by atoms with Crippen molar-refractivity contribution in [2.75, 3.05) is 36.9 Å². The molecule has 1 unspecified atom stereocenters. The molecule has 0 aromatic carbocycles. The zero-order valence-electron chi connectivity index (χ0n) is 14.2. The summed E-state index contributed by atoms with van der Waals surface area (Å²) in [4.78, 5) is 9.61. The minimum atomic E-state index is 0.0364. The van der Waals surface area contributed by atoms with Crippen molar-refractivity contribution in [1.82, 2.24) is 9.88 Å². The largest absolute Gasteiger partial charge is 0.365 e. The molecular formula is C17H30N4. The molecule has 4 nitrogen and oxygen atoms in total. The van der Waals surface area contributed by atoms with E-state index in [-0.39, 0.29) is 5.54 Å². The third kappa shape index (κ3) is 4.60. The Bertz CT molecular complexity index is 452. The quantitative estimate of drug-likeness (QED) is 0.902. The summed E-state index contributed by atoms with van der Waals surface area (Å²) in [6.07, 6.45) is 2.63. The lowest BCUT2D eigenvalue weighted by atomic mass is 10.1. The van der Waals surface area contributed by atoms with Crippen LogP contribution < -0.4 is 10.2 Å². The lowest BCUT2D eigenvalue weighted by Crippen LogP contribution is -2.39. The summed E-state index contributed by atoms with van der Waals surface area (Å²) in [5.74, 6) is 2.00. The summed E-state index contributed by atoms with van der Waals surface area (Å²) in [6.45, 7) is 12.2. The zero-order valence-corrected chi connectivity index (χ0v) is 14.2. The number of hydrogen-bond acceptors (Lipinski definition) is 4. The van der Waals surface area contributed by atoms with E-state index in [9.17, 15) is 0 Å². The molecule has 0 aliphatic carbocycles. The molecule has 1 aliphatic rings. The maximum absolute atomic E-state index is 4.75. The lowest BCUT2D eigenvalue weighted by Gasteiger charge is -2.29. The Morgan fingerprint density at radius 3 is 2.81 bits per heavy atom. The van der Waals surface area contributed by atoms with E-state index in [2.05, 4.69) is 62.0 Å². The van der Waals surface area contributed by atoms with Crippen LogP contribution in [0.3, 0.4) is 0 Å². The smallest absolute Gasteiger partial charge is 0.130 e. The first kappa shape index (κ1) is 16.1. The molecule has 1 fully saturated rings. The van der Waals surface area contributed by atoms with Gasteiger partial charge in [0.2, 0.25) is 0 Å². The minimum absolute atomic E-state index is 0.0364. The first-order valence-electron chi connectivity index (χ1n) is 8.09. The fourth-order valence-electron chi connectivity index (χ4n) is 3.02. The van der Waals surface area contributed by atoms with E-state index in [0.29, 0.717) is 6.04 Å². The topological polar surface area (TPSA) is 31.4 Å². The molecule has 0 bridgehead atoms. The van der Waals surface area contributed by atoms with Crippen molar-refractivity contribution in [3.8, 4) is 0 Å². The van der Waals surface area contributed by atoms with Crippen LogP contribution in [-0.2, 0) is 0 Å². The number of aromatic nitrogens is 1. The van der Waals surface area contributed by atoms with E-state index >= 15 is 0 Å². The SMILES string of the molecule is CCN1CCCC1CN(C)c1cccc(NC(C)(C)C)n1. The average molecular weight is 290 g/mol. The second kappa shape index (κ2) is 6.65. The third-order valence-corrected chi connectivity index (χ3v) is 4.02. The summed E-state index contributed by atoms with van der Waals surface area (Å²) in [7, 11) is 2.15. The molecule has 1 aromatic heterocycles. The van der Waals surface area contributed by atoms with Gasteiger partial charge in [-0.05, 0) is 58.8 Å². The van der Waals surface area contributed by atoms with E-state index in [0.717, 1.165) is 24.7 Å². The molecule has 0 amide bonds. The highest BCUT2D eigenvalue weighted by Crippen LogP contribution is 2.21. The third-order valence-electron chi connectivity index (χ3n) is 4.02. The summed E-state index contributed by atoms with van der Waals surface area (Å²) < 4.78 is 0. The number of anilines is 2. The first-order chi connectivity index (χ1) is 9.89. The minimum Gasteiger partial charge on any atom is -0.365 e. The number of nitrogens with one attached hydrogen (secondary N) is 1. The Kier molecular flexibility index (Phi) is 5.09. The van der Waals surface area contributed by atoms with Crippen molar-refractivity contribution in [3.05, 3.63) is 18.2 Å². The van der Waals surface area contributed by atoms with Gasteiger partial charge in [-0.1, -0.05) is 13.0 Å². The fourth-order valence-corrected chi connectivity index (χ4v) is 3.02. The summed E-state index contributed by atoms with van der Waals surface area (Å²) >= 11 is 0. The highest BCUT2D eigenvalue weighted by atomic mass is 15.2. The molecule has 1 saturated heterocycles. The van der Waals surface area contributed by atoms with Crippen LogP contribution in [0, 0.1) is 0 Å². The van der Waals surface area contributed by atoms with Gasteiger partial charge in [-0.3, -0.25) is 4.90 Å². The van der Waals surface area contributed by atoms with Crippen molar-refractivity contribution >= 4 is 11.6 Å². The van der Waals surface area contributed by atoms with Crippen LogP contribution in [0.15, 0.2) is 18.2 Å². The van der Waals surface area contributed by atoms with Crippen LogP contribution in [0.5, 0.6) is 0 Å². The van der Waals surface area contributed by atoms with Gasteiger partial charge in [-0.2, -0.15) is 0 Å². The van der Waals surface area contributed by atoms with Crippen LogP contribution in [0.2, 0.25) is 0 Å². The second-order valence-electron chi connectivity index (χ2n) is 7.06. The molecular weight excluding hydrogens is 260 g/mol. The first-order valence-corrected chi connectivity index (χ1v) is 8.09. The Hall–Kier alpha value is -1.29. The number of nitrogens with zero attached hydrogens (tertiary/aromatic N) is 3. The van der Waals surface area contributed by atoms with Gasteiger partial charge in [-0.15, -0.1) is 0 Å². The summed E-state index contributed by atoms with van der Waals surface area (Å²) in [5, 5.41) is 3.44. The van der Waals surface area contributed by atoms with Crippen LogP contribution in [0.1, 0.15) is 40.5 Å². The van der Waals surface area contributed by atoms with E-state index in [1.807, 2.05) is 6.07 Å². The number of likely N-dealkylation sites (tertiary alicyclic amines) is 1. The number of pyridine rings is 1. The van der Waals surface area contributed by atoms with E-state index in [1.54, 1.807) is 0 Å². The summed E-state index contributed by atoms with van der Waals surface area (Å²) in [6, 6.07) is 6.88. The van der Waals surface area contributed by atoms with Gasteiger partial charge >= 0.3 is 0 Å². The van der Waals surface area contributed by atoms with Crippen molar-refractivity contribution in [1.29, 1.82) is 0 Å². The average Bonchev–Trinajstić information content (AvgIpc) is 2.84. The zero-order chi connectivity index (χ0) is 15.5. The Labute approximate surface area is 129 Å². The highest BCUT2D eigenvalue weighted by molar-refractivity contribution is 5.47. The number of likely N-dealkylation sites (N-methyl/N-ethyl adjacent to an activating group) is 2. The molecule has 1 aromatic rings. The monoisotopic (exact) mass is 290 g/mol. The Morgan fingerprint density at radius 2 is 2.14 bits per heavy atom. The van der Waals surface area contributed by atoms with Gasteiger partial charge in [-0.25, -0.2) is 4.98 Å².